The van der Waals surface area contributed by atoms with Crippen molar-refractivity contribution in [3.63, 3.8) is 0 Å². The maximum absolute atomic E-state index is 13.0. The minimum atomic E-state index is -0.0449. The second-order valence-electron chi connectivity index (χ2n) is 7.93. The number of carbonyl (C=O) groups is 1. The zero-order chi connectivity index (χ0) is 23.2. The van der Waals surface area contributed by atoms with Gasteiger partial charge in [0.1, 0.15) is 4.83 Å². The van der Waals surface area contributed by atoms with Gasteiger partial charge in [-0.2, -0.15) is 0 Å². The number of hydrogen-bond acceptors (Lipinski definition) is 7. The molecule has 1 N–H and O–H groups in total. The van der Waals surface area contributed by atoms with Crippen LogP contribution in [0.2, 0.25) is 0 Å². The molecule has 4 rings (SSSR count). The van der Waals surface area contributed by atoms with Gasteiger partial charge in [0.05, 0.1) is 18.6 Å². The smallest absolute Gasteiger partial charge is 0.262 e. The second-order valence-corrected chi connectivity index (χ2v) is 10.1. The predicted octanol–water partition coefficient (Wildman–Crippen LogP) is 4.39. The molecule has 0 unspecified atom stereocenters. The average Bonchev–Trinajstić information content (AvgIpc) is 3.26. The van der Waals surface area contributed by atoms with Gasteiger partial charge in [-0.1, -0.05) is 25.6 Å². The van der Waals surface area contributed by atoms with Crippen LogP contribution in [0.4, 0.5) is 11.4 Å². The third-order valence-corrected chi connectivity index (χ3v) is 7.70. The first-order valence-electron chi connectivity index (χ1n) is 11.5. The summed E-state index contributed by atoms with van der Waals surface area (Å²) in [5, 5.41) is 4.37. The summed E-state index contributed by atoms with van der Waals surface area (Å²) in [5.41, 5.74) is 1.95. The fourth-order valence-electron chi connectivity index (χ4n) is 3.79. The molecule has 0 aliphatic carbocycles. The summed E-state index contributed by atoms with van der Waals surface area (Å²) in [6.45, 7) is 8.03. The molecule has 0 atom stereocenters. The Morgan fingerprint density at radius 1 is 1.21 bits per heavy atom. The summed E-state index contributed by atoms with van der Waals surface area (Å²) in [4.78, 5) is 34.4. The summed E-state index contributed by atoms with van der Waals surface area (Å²) in [6, 6.07) is 9.90. The number of thioether (sulfide) groups is 1. The Hall–Kier alpha value is -2.36. The number of hydrogen-bond donors (Lipinski definition) is 1. The number of aryl methyl sites for hydroxylation is 1. The van der Waals surface area contributed by atoms with Crippen LogP contribution in [-0.2, 0) is 22.5 Å². The number of carbonyl (C=O) groups excluding carboxylic acids is 1. The van der Waals surface area contributed by atoms with Crippen LogP contribution < -0.4 is 15.8 Å². The fourth-order valence-corrected chi connectivity index (χ4v) is 5.76. The largest absolute Gasteiger partial charge is 0.378 e. The van der Waals surface area contributed by atoms with Gasteiger partial charge in [0.15, 0.2) is 5.16 Å². The van der Waals surface area contributed by atoms with Crippen LogP contribution in [0.25, 0.3) is 10.2 Å². The Bertz CT molecular complexity index is 1150. The summed E-state index contributed by atoms with van der Waals surface area (Å²) < 4.78 is 7.15. The number of rotatable bonds is 9. The highest BCUT2D eigenvalue weighted by Crippen LogP contribution is 2.26. The lowest BCUT2D eigenvalue weighted by Crippen LogP contribution is -2.36. The molecular formula is C24H30N4O3S2. The molecular weight excluding hydrogens is 456 g/mol. The van der Waals surface area contributed by atoms with Crippen molar-refractivity contribution < 1.29 is 9.53 Å². The SMILES string of the molecule is CCCn1c(SCCC(=O)Nc2ccc(N3CCOCC3)cc2)nc2sc(CC)cc2c1=O. The van der Waals surface area contributed by atoms with Crippen LogP contribution in [0.5, 0.6) is 0 Å². The Kier molecular flexibility index (Phi) is 8.06. The van der Waals surface area contributed by atoms with Crippen LogP contribution in [0.15, 0.2) is 40.3 Å². The Labute approximate surface area is 202 Å². The van der Waals surface area contributed by atoms with E-state index >= 15 is 0 Å². The average molecular weight is 487 g/mol. The monoisotopic (exact) mass is 486 g/mol. The third kappa shape index (κ3) is 5.77. The molecule has 1 fully saturated rings. The van der Waals surface area contributed by atoms with Crippen molar-refractivity contribution in [3.05, 3.63) is 45.6 Å². The van der Waals surface area contributed by atoms with Gasteiger partial charge in [-0.05, 0) is 43.2 Å². The molecule has 176 valence electrons. The molecule has 0 saturated carbocycles. The number of nitrogens with one attached hydrogen (secondary N) is 1. The molecule has 3 heterocycles. The molecule has 2 aromatic heterocycles. The molecule has 33 heavy (non-hydrogen) atoms. The lowest BCUT2D eigenvalue weighted by Gasteiger charge is -2.28. The minimum absolute atomic E-state index is 0.0186. The molecule has 1 amide bonds. The van der Waals surface area contributed by atoms with E-state index < -0.39 is 0 Å². The molecule has 1 aromatic carbocycles. The molecule has 0 bridgehead atoms. The second kappa shape index (κ2) is 11.2. The molecule has 0 spiro atoms. The van der Waals surface area contributed by atoms with Gasteiger partial charge in [-0.25, -0.2) is 4.98 Å². The van der Waals surface area contributed by atoms with Gasteiger partial charge in [-0.3, -0.25) is 14.2 Å². The van der Waals surface area contributed by atoms with Crippen LogP contribution in [0.3, 0.4) is 0 Å². The third-order valence-electron chi connectivity index (χ3n) is 5.55. The number of fused-ring (bicyclic) bond motifs is 1. The van der Waals surface area contributed by atoms with Crippen molar-refractivity contribution in [2.75, 3.05) is 42.3 Å². The van der Waals surface area contributed by atoms with Crippen molar-refractivity contribution in [2.24, 2.45) is 0 Å². The maximum atomic E-state index is 13.0. The van der Waals surface area contributed by atoms with Gasteiger partial charge >= 0.3 is 0 Å². The highest BCUT2D eigenvalue weighted by molar-refractivity contribution is 7.99. The van der Waals surface area contributed by atoms with Gasteiger partial charge < -0.3 is 15.0 Å². The van der Waals surface area contributed by atoms with E-state index in [1.165, 1.54) is 16.6 Å². The number of ether oxygens (including phenoxy) is 1. The number of morpholine rings is 1. The lowest BCUT2D eigenvalue weighted by atomic mass is 10.2. The van der Waals surface area contributed by atoms with Crippen LogP contribution in [-0.4, -0.2) is 47.5 Å². The van der Waals surface area contributed by atoms with E-state index in [-0.39, 0.29) is 11.5 Å². The first kappa shape index (κ1) is 23.8. The Balaban J connectivity index is 1.36. The van der Waals surface area contributed by atoms with Crippen molar-refractivity contribution in [1.29, 1.82) is 0 Å². The van der Waals surface area contributed by atoms with E-state index in [4.69, 9.17) is 9.72 Å². The number of benzene rings is 1. The van der Waals surface area contributed by atoms with E-state index in [1.54, 1.807) is 15.9 Å². The summed E-state index contributed by atoms with van der Waals surface area (Å²) >= 11 is 3.05. The standard InChI is InChI=1S/C24H30N4O3S2/c1-3-10-28-23(30)20-16-19(4-2)33-22(20)26-24(28)32-15-9-21(29)25-17-5-7-18(8-6-17)27-11-13-31-14-12-27/h5-8,16H,3-4,9-15H2,1-2H3,(H,25,29). The molecule has 0 radical (unpaired) electrons. The van der Waals surface area contributed by atoms with Gasteiger partial charge in [0, 0.05) is 48.1 Å². The van der Waals surface area contributed by atoms with Gasteiger partial charge in [0.2, 0.25) is 5.91 Å². The first-order chi connectivity index (χ1) is 16.1. The van der Waals surface area contributed by atoms with Crippen LogP contribution in [0.1, 0.15) is 31.6 Å². The molecule has 7 nitrogen and oxygen atoms in total. The highest BCUT2D eigenvalue weighted by Gasteiger charge is 2.15. The van der Waals surface area contributed by atoms with Crippen molar-refractivity contribution in [1.82, 2.24) is 9.55 Å². The lowest BCUT2D eigenvalue weighted by molar-refractivity contribution is -0.115. The van der Waals surface area contributed by atoms with E-state index in [9.17, 15) is 9.59 Å². The van der Waals surface area contributed by atoms with E-state index in [1.807, 2.05) is 37.3 Å². The van der Waals surface area contributed by atoms with Crippen LogP contribution in [0, 0.1) is 0 Å². The Morgan fingerprint density at radius 3 is 2.67 bits per heavy atom. The minimum Gasteiger partial charge on any atom is -0.378 e. The zero-order valence-corrected chi connectivity index (χ0v) is 20.8. The Morgan fingerprint density at radius 2 is 1.97 bits per heavy atom. The quantitative estimate of drug-likeness (QED) is 0.357. The summed E-state index contributed by atoms with van der Waals surface area (Å²) in [7, 11) is 0. The first-order valence-corrected chi connectivity index (χ1v) is 13.3. The number of thiophene rings is 1. The van der Waals surface area contributed by atoms with Crippen molar-refractivity contribution >= 4 is 50.6 Å². The number of amides is 1. The van der Waals surface area contributed by atoms with Crippen molar-refractivity contribution in [3.8, 4) is 0 Å². The maximum Gasteiger partial charge on any atom is 0.262 e. The molecule has 3 aromatic rings. The summed E-state index contributed by atoms with van der Waals surface area (Å²) in [5.74, 6) is 0.516. The fraction of sp³-hybridized carbons (Fsp3) is 0.458. The summed E-state index contributed by atoms with van der Waals surface area (Å²) in [6.07, 6.45) is 2.09. The van der Waals surface area contributed by atoms with Crippen LogP contribution >= 0.6 is 23.1 Å². The highest BCUT2D eigenvalue weighted by atomic mass is 32.2. The number of anilines is 2. The van der Waals surface area contributed by atoms with E-state index in [0.29, 0.717) is 29.3 Å². The normalized spacial score (nSPS) is 14.1. The zero-order valence-electron chi connectivity index (χ0n) is 19.1. The molecule has 1 aliphatic heterocycles. The number of aromatic nitrogens is 2. The predicted molar refractivity (Wildman–Crippen MR) is 137 cm³/mol. The van der Waals surface area contributed by atoms with Gasteiger partial charge in [-0.15, -0.1) is 11.3 Å². The van der Waals surface area contributed by atoms with Gasteiger partial charge in [0.25, 0.3) is 5.56 Å². The van der Waals surface area contributed by atoms with E-state index in [0.717, 1.165) is 55.4 Å². The number of nitrogens with zero attached hydrogens (tertiary/aromatic N) is 3. The van der Waals surface area contributed by atoms with Crippen molar-refractivity contribution in [2.45, 2.75) is 44.8 Å². The van der Waals surface area contributed by atoms with E-state index in [2.05, 4.69) is 17.1 Å². The molecule has 1 saturated heterocycles. The topological polar surface area (TPSA) is 76.5 Å². The molecule has 9 heteroatoms. The molecule has 1 aliphatic rings.